The fourth-order valence-corrected chi connectivity index (χ4v) is 5.43. The van der Waals surface area contributed by atoms with Gasteiger partial charge in [-0.3, -0.25) is 24.8 Å². The number of ether oxygens (including phenoxy) is 1. The number of carbonyl (C=O) groups excluding carboxylic acids is 2. The molecule has 1 N–H and O–H groups in total. The highest BCUT2D eigenvalue weighted by atomic mass is 35.5. The number of nitrogens with zero attached hydrogens (tertiary/aromatic N) is 5. The Morgan fingerprint density at radius 1 is 1.21 bits per heavy atom. The van der Waals surface area contributed by atoms with E-state index in [0.29, 0.717) is 41.2 Å². The molecule has 1 unspecified atom stereocenters. The lowest BCUT2D eigenvalue weighted by atomic mass is 10.1. The Balaban J connectivity index is 1.38. The summed E-state index contributed by atoms with van der Waals surface area (Å²) in [5.74, 6) is 0.149. The third kappa shape index (κ3) is 5.75. The first-order valence-corrected chi connectivity index (χ1v) is 13.4. The molecular weight excluding hydrogens is 504 g/mol. The van der Waals surface area contributed by atoms with E-state index >= 15 is 0 Å². The van der Waals surface area contributed by atoms with Crippen LogP contribution in [0.5, 0.6) is 0 Å². The van der Waals surface area contributed by atoms with E-state index in [1.54, 1.807) is 31.5 Å². The highest BCUT2D eigenvalue weighted by molar-refractivity contribution is 6.35. The van der Waals surface area contributed by atoms with Crippen molar-refractivity contribution < 1.29 is 14.3 Å². The first-order chi connectivity index (χ1) is 18.4. The van der Waals surface area contributed by atoms with E-state index in [1.165, 1.54) is 0 Å². The summed E-state index contributed by atoms with van der Waals surface area (Å²) in [4.78, 5) is 39.3. The molecule has 2 aliphatic rings. The van der Waals surface area contributed by atoms with Crippen LogP contribution in [0.1, 0.15) is 41.4 Å². The average molecular weight is 537 g/mol. The van der Waals surface area contributed by atoms with Gasteiger partial charge in [0.1, 0.15) is 0 Å². The van der Waals surface area contributed by atoms with Gasteiger partial charge in [-0.2, -0.15) is 0 Å². The molecule has 2 fully saturated rings. The summed E-state index contributed by atoms with van der Waals surface area (Å²) in [6, 6.07) is 8.88. The summed E-state index contributed by atoms with van der Waals surface area (Å²) >= 11 is 6.66. The zero-order valence-corrected chi connectivity index (χ0v) is 22.5. The van der Waals surface area contributed by atoms with E-state index in [9.17, 15) is 9.59 Å². The van der Waals surface area contributed by atoms with Gasteiger partial charge in [0.05, 0.1) is 28.2 Å². The van der Waals surface area contributed by atoms with E-state index in [0.717, 1.165) is 50.1 Å². The fraction of sp³-hybridized carbons (Fsp3) is 0.429. The Morgan fingerprint density at radius 2 is 2.05 bits per heavy atom. The molecule has 2 aliphatic heterocycles. The zero-order chi connectivity index (χ0) is 26.6. The predicted molar refractivity (Wildman–Crippen MR) is 148 cm³/mol. The highest BCUT2D eigenvalue weighted by Crippen LogP contribution is 2.34. The van der Waals surface area contributed by atoms with Crippen molar-refractivity contribution in [1.29, 1.82) is 0 Å². The Hall–Kier alpha value is -3.27. The number of fused-ring (bicyclic) bond motifs is 1. The number of aromatic nitrogens is 3. The van der Waals surface area contributed by atoms with E-state index < -0.39 is 0 Å². The fourth-order valence-electron chi connectivity index (χ4n) is 5.17. The van der Waals surface area contributed by atoms with Crippen molar-refractivity contribution >= 4 is 40.4 Å². The second kappa shape index (κ2) is 11.6. The van der Waals surface area contributed by atoms with E-state index in [4.69, 9.17) is 21.3 Å². The maximum atomic E-state index is 13.2. The molecule has 0 saturated carbocycles. The molecule has 38 heavy (non-hydrogen) atoms. The van der Waals surface area contributed by atoms with E-state index in [-0.39, 0.29) is 17.9 Å². The van der Waals surface area contributed by atoms with Gasteiger partial charge in [-0.25, -0.2) is 4.98 Å². The molecule has 2 aromatic heterocycles. The van der Waals surface area contributed by atoms with Crippen LogP contribution in [-0.2, 0) is 9.53 Å². The van der Waals surface area contributed by atoms with Crippen LogP contribution >= 0.6 is 11.6 Å². The summed E-state index contributed by atoms with van der Waals surface area (Å²) in [6.07, 6.45) is 8.22. The summed E-state index contributed by atoms with van der Waals surface area (Å²) in [5, 5.41) is 3.55. The van der Waals surface area contributed by atoms with Gasteiger partial charge < -0.3 is 14.2 Å². The van der Waals surface area contributed by atoms with Gasteiger partial charge in [-0.15, -0.1) is 0 Å². The molecule has 1 aromatic carbocycles. The van der Waals surface area contributed by atoms with Crippen LogP contribution < -0.4 is 5.32 Å². The number of hydrogen-bond donors (Lipinski definition) is 1. The normalized spacial score (nSPS) is 19.0. The molecule has 0 radical (unpaired) electrons. The topological polar surface area (TPSA) is 92.6 Å². The molecule has 0 aliphatic carbocycles. The number of likely N-dealkylation sites (tertiary alicyclic amines) is 2. The van der Waals surface area contributed by atoms with Crippen LogP contribution in [0.2, 0.25) is 5.02 Å². The van der Waals surface area contributed by atoms with Crippen molar-refractivity contribution in [3.63, 3.8) is 0 Å². The molecular formula is C28H33ClN6O3. The van der Waals surface area contributed by atoms with Gasteiger partial charge >= 0.3 is 0 Å². The number of pyridine rings is 1. The van der Waals surface area contributed by atoms with Gasteiger partial charge in [0.15, 0.2) is 0 Å². The Labute approximate surface area is 227 Å². The Bertz CT molecular complexity index is 1350. The lowest BCUT2D eigenvalue weighted by Crippen LogP contribution is -2.51. The van der Waals surface area contributed by atoms with Gasteiger partial charge in [0.2, 0.25) is 11.9 Å². The van der Waals surface area contributed by atoms with E-state index in [1.807, 2.05) is 40.7 Å². The molecule has 9 nitrogen and oxygen atoms in total. The first-order valence-electron chi connectivity index (χ1n) is 13.0. The third-order valence-electron chi connectivity index (χ3n) is 7.25. The van der Waals surface area contributed by atoms with Crippen LogP contribution in [0.3, 0.4) is 0 Å². The number of hydrogen-bond acceptors (Lipinski definition) is 6. The quantitative estimate of drug-likeness (QED) is 0.457. The second-order valence-electron chi connectivity index (χ2n) is 9.97. The molecule has 4 heterocycles. The van der Waals surface area contributed by atoms with Crippen LogP contribution in [0.4, 0.5) is 5.95 Å². The number of nitrogens with one attached hydrogen (secondary N) is 1. The van der Waals surface area contributed by atoms with Gasteiger partial charge in [-0.05, 0) is 50.5 Å². The molecule has 200 valence electrons. The number of rotatable bonds is 7. The summed E-state index contributed by atoms with van der Waals surface area (Å²) < 4.78 is 7.32. The van der Waals surface area contributed by atoms with Gasteiger partial charge in [0.25, 0.3) is 5.91 Å². The number of amides is 2. The highest BCUT2D eigenvalue weighted by Gasteiger charge is 2.28. The first kappa shape index (κ1) is 26.3. The molecule has 0 bridgehead atoms. The largest absolute Gasteiger partial charge is 0.379 e. The summed E-state index contributed by atoms with van der Waals surface area (Å²) in [5.41, 5.74) is 2.72. The number of carbonyl (C=O) groups is 2. The second-order valence-corrected chi connectivity index (χ2v) is 10.4. The molecule has 0 spiro atoms. The van der Waals surface area contributed by atoms with Crippen molar-refractivity contribution in [3.8, 4) is 0 Å². The number of halogens is 1. The Kier molecular flexibility index (Phi) is 8.06. The minimum absolute atomic E-state index is 0.00548. The summed E-state index contributed by atoms with van der Waals surface area (Å²) in [7, 11) is 1.73. The van der Waals surface area contributed by atoms with Crippen LogP contribution in [0, 0.1) is 6.92 Å². The van der Waals surface area contributed by atoms with Crippen LogP contribution in [0.25, 0.3) is 11.0 Å². The molecule has 10 heteroatoms. The van der Waals surface area contributed by atoms with E-state index in [2.05, 4.69) is 15.2 Å². The number of aryl methyl sites for hydroxylation is 1. The maximum Gasteiger partial charge on any atom is 0.258 e. The molecule has 5 rings (SSSR count). The van der Waals surface area contributed by atoms with Crippen molar-refractivity contribution in [2.24, 2.45) is 0 Å². The number of benzene rings is 1. The third-order valence-corrected chi connectivity index (χ3v) is 7.55. The van der Waals surface area contributed by atoms with Crippen molar-refractivity contribution in [2.45, 2.75) is 38.3 Å². The summed E-state index contributed by atoms with van der Waals surface area (Å²) in [6.45, 7) is 5.55. The lowest BCUT2D eigenvalue weighted by molar-refractivity contribution is -0.126. The number of anilines is 1. The number of imidazole rings is 1. The van der Waals surface area contributed by atoms with Gasteiger partial charge in [0, 0.05) is 63.4 Å². The number of para-hydroxylation sites is 1. The van der Waals surface area contributed by atoms with Crippen molar-refractivity contribution in [1.82, 2.24) is 24.3 Å². The molecule has 2 amide bonds. The SMILES string of the molecule is COC1CN(C/C=C/C(=O)N2CCCCC(n3c(NC(=O)c4ccnc(C)c4)nc4cccc(Cl)c43)C2)C1. The Morgan fingerprint density at radius 3 is 2.84 bits per heavy atom. The molecule has 3 aromatic rings. The molecule has 2 saturated heterocycles. The average Bonchev–Trinajstić information content (AvgIpc) is 3.07. The van der Waals surface area contributed by atoms with Crippen molar-refractivity contribution in [2.75, 3.05) is 45.2 Å². The van der Waals surface area contributed by atoms with Crippen molar-refractivity contribution in [3.05, 3.63) is 65.0 Å². The zero-order valence-electron chi connectivity index (χ0n) is 21.8. The lowest BCUT2D eigenvalue weighted by Gasteiger charge is -2.37. The van der Waals surface area contributed by atoms with Crippen LogP contribution in [-0.4, -0.2) is 82.1 Å². The smallest absolute Gasteiger partial charge is 0.258 e. The van der Waals surface area contributed by atoms with Gasteiger partial charge in [-0.1, -0.05) is 23.7 Å². The van der Waals surface area contributed by atoms with Crippen LogP contribution in [0.15, 0.2) is 48.7 Å². The minimum Gasteiger partial charge on any atom is -0.379 e. The monoisotopic (exact) mass is 536 g/mol. The maximum absolute atomic E-state index is 13.2. The standard InChI is InChI=1S/C28H33ClN6O3/c1-19-15-20(11-12-30-19)27(37)32-28-31-24-9-5-8-23(29)26(24)35(28)21-7-3-4-14-34(16-21)25(36)10-6-13-33-17-22(18-33)38-2/h5-6,8-12,15,21-22H,3-4,7,13-14,16-18H2,1-2H3,(H,31,32,37)/b10-6+. The minimum atomic E-state index is -0.269. The number of methoxy groups -OCH3 is 1. The molecule has 1 atom stereocenters. The predicted octanol–water partition coefficient (Wildman–Crippen LogP) is 4.09.